The highest BCUT2D eigenvalue weighted by molar-refractivity contribution is 6.02. The van der Waals surface area contributed by atoms with Crippen LogP contribution in [0.15, 0.2) is 59.6 Å². The highest BCUT2D eigenvalue weighted by atomic mass is 16.6. The second-order valence-corrected chi connectivity index (χ2v) is 6.75. The molecule has 1 aromatic carbocycles. The van der Waals surface area contributed by atoms with E-state index in [-0.39, 0.29) is 18.0 Å². The highest BCUT2D eigenvalue weighted by Crippen LogP contribution is 2.41. The van der Waals surface area contributed by atoms with Gasteiger partial charge in [-0.15, -0.1) is 0 Å². The Morgan fingerprint density at radius 1 is 1.14 bits per heavy atom. The first kappa shape index (κ1) is 21.1. The topological polar surface area (TPSA) is 77.5 Å². The molecule has 1 saturated heterocycles. The van der Waals surface area contributed by atoms with E-state index in [2.05, 4.69) is 0 Å². The molecule has 3 rings (SSSR count). The van der Waals surface area contributed by atoms with E-state index in [1.807, 2.05) is 23.1 Å². The highest BCUT2D eigenvalue weighted by Gasteiger charge is 2.51. The number of hydrogen-bond donors (Lipinski definition) is 1. The number of ketones is 1. The summed E-state index contributed by atoms with van der Waals surface area (Å²) in [6.45, 7) is 2.32. The van der Waals surface area contributed by atoms with Crippen molar-refractivity contribution in [1.29, 1.82) is 0 Å². The third-order valence-corrected chi connectivity index (χ3v) is 5.25. The SMILES string of the molecule is COC1=C(OC)C(OC)(N2CCOCC2)CC(=O)C1=CC=C(O)c1ccccc1. The van der Waals surface area contributed by atoms with E-state index in [1.54, 1.807) is 25.3 Å². The van der Waals surface area contributed by atoms with E-state index >= 15 is 0 Å². The molecular weight excluding hydrogens is 374 g/mol. The number of benzene rings is 1. The molecule has 1 heterocycles. The number of rotatable bonds is 6. The number of aliphatic hydroxyl groups excluding tert-OH is 1. The minimum absolute atomic E-state index is 0.0528. The Morgan fingerprint density at radius 3 is 2.41 bits per heavy atom. The Hall–Kier alpha value is -2.61. The summed E-state index contributed by atoms with van der Waals surface area (Å²) < 4.78 is 22.6. The van der Waals surface area contributed by atoms with Gasteiger partial charge in [0.2, 0.25) is 0 Å². The molecule has 1 aliphatic heterocycles. The van der Waals surface area contributed by atoms with Crippen molar-refractivity contribution in [3.63, 3.8) is 0 Å². The van der Waals surface area contributed by atoms with Crippen LogP contribution in [-0.2, 0) is 23.7 Å². The van der Waals surface area contributed by atoms with E-state index in [0.29, 0.717) is 49.0 Å². The van der Waals surface area contributed by atoms with Gasteiger partial charge in [-0.1, -0.05) is 30.3 Å². The lowest BCUT2D eigenvalue weighted by Gasteiger charge is -2.46. The van der Waals surface area contributed by atoms with E-state index in [0.717, 1.165) is 0 Å². The molecule has 7 heteroatoms. The van der Waals surface area contributed by atoms with E-state index in [1.165, 1.54) is 20.3 Å². The second kappa shape index (κ2) is 9.26. The lowest BCUT2D eigenvalue weighted by atomic mass is 9.87. The Labute approximate surface area is 170 Å². The van der Waals surface area contributed by atoms with Crippen LogP contribution in [0.5, 0.6) is 0 Å². The molecule has 1 aromatic rings. The maximum atomic E-state index is 13.1. The van der Waals surface area contributed by atoms with Crippen LogP contribution in [0, 0.1) is 0 Å². The number of methoxy groups -OCH3 is 3. The molecule has 1 aliphatic carbocycles. The normalized spacial score (nSPS) is 25.4. The second-order valence-electron chi connectivity index (χ2n) is 6.75. The predicted molar refractivity (Wildman–Crippen MR) is 108 cm³/mol. The van der Waals surface area contributed by atoms with Gasteiger partial charge in [-0.25, -0.2) is 0 Å². The summed E-state index contributed by atoms with van der Waals surface area (Å²) in [7, 11) is 4.58. The maximum absolute atomic E-state index is 13.1. The average Bonchev–Trinajstić information content (AvgIpc) is 2.78. The number of allylic oxidation sites excluding steroid dienone is 3. The third-order valence-electron chi connectivity index (χ3n) is 5.25. The van der Waals surface area contributed by atoms with Crippen molar-refractivity contribution in [1.82, 2.24) is 4.90 Å². The number of carbonyl (C=O) groups excluding carboxylic acids is 1. The van der Waals surface area contributed by atoms with E-state index < -0.39 is 5.72 Å². The molecule has 0 aromatic heterocycles. The van der Waals surface area contributed by atoms with Gasteiger partial charge in [0, 0.05) is 25.8 Å². The van der Waals surface area contributed by atoms with Crippen LogP contribution in [0.2, 0.25) is 0 Å². The third kappa shape index (κ3) is 4.07. The Morgan fingerprint density at radius 2 is 1.83 bits per heavy atom. The summed E-state index contributed by atoms with van der Waals surface area (Å²) in [5.41, 5.74) is -0.0708. The first-order chi connectivity index (χ1) is 14.1. The van der Waals surface area contributed by atoms with E-state index in [4.69, 9.17) is 18.9 Å². The molecule has 0 bridgehead atoms. The lowest BCUT2D eigenvalue weighted by molar-refractivity contribution is -0.172. The van der Waals surface area contributed by atoms with Crippen LogP contribution < -0.4 is 0 Å². The Kier molecular flexibility index (Phi) is 6.74. The molecule has 1 fully saturated rings. The minimum atomic E-state index is -1.05. The number of morpholine rings is 1. The van der Waals surface area contributed by atoms with Crippen molar-refractivity contribution in [2.75, 3.05) is 47.6 Å². The van der Waals surface area contributed by atoms with Gasteiger partial charge in [0.05, 0.1) is 39.4 Å². The van der Waals surface area contributed by atoms with Gasteiger partial charge in [0.15, 0.2) is 23.0 Å². The van der Waals surface area contributed by atoms with Gasteiger partial charge in [-0.3, -0.25) is 9.69 Å². The molecule has 0 saturated carbocycles. The van der Waals surface area contributed by atoms with Gasteiger partial charge in [-0.2, -0.15) is 0 Å². The molecule has 1 N–H and O–H groups in total. The van der Waals surface area contributed by atoms with Gasteiger partial charge in [0.1, 0.15) is 5.76 Å². The standard InChI is InChI=1S/C22H27NO6/c1-26-20-17(9-10-18(24)16-7-5-4-6-8-16)19(25)15-22(28-3,21(20)27-2)23-11-13-29-14-12-23/h4-10,24H,11-15H2,1-3H3. The number of aliphatic hydroxyl groups is 1. The van der Waals surface area contributed by atoms with Crippen molar-refractivity contribution in [3.05, 3.63) is 65.1 Å². The van der Waals surface area contributed by atoms with Crippen molar-refractivity contribution >= 4 is 11.5 Å². The van der Waals surface area contributed by atoms with Gasteiger partial charge in [-0.05, 0) is 12.2 Å². The van der Waals surface area contributed by atoms with Crippen LogP contribution >= 0.6 is 0 Å². The molecular formula is C22H27NO6. The smallest absolute Gasteiger partial charge is 0.190 e. The van der Waals surface area contributed by atoms with Crippen molar-refractivity contribution < 1.29 is 28.8 Å². The molecule has 7 nitrogen and oxygen atoms in total. The van der Waals surface area contributed by atoms with Crippen molar-refractivity contribution in [2.24, 2.45) is 0 Å². The minimum Gasteiger partial charge on any atom is -0.507 e. The molecule has 1 unspecified atom stereocenters. The molecule has 0 spiro atoms. The van der Waals surface area contributed by atoms with Gasteiger partial charge in [0.25, 0.3) is 0 Å². The van der Waals surface area contributed by atoms with Crippen LogP contribution in [0.4, 0.5) is 0 Å². The van der Waals surface area contributed by atoms with Gasteiger partial charge < -0.3 is 24.1 Å². The quantitative estimate of drug-likeness (QED) is 0.580. The summed E-state index contributed by atoms with van der Waals surface area (Å²) >= 11 is 0. The Balaban J connectivity index is 2.05. The zero-order valence-corrected chi connectivity index (χ0v) is 17.0. The molecule has 1 atom stereocenters. The average molecular weight is 401 g/mol. The number of Topliss-reactive ketones (excluding diaryl/α,β-unsaturated/α-hetero) is 1. The van der Waals surface area contributed by atoms with Crippen LogP contribution in [0.3, 0.4) is 0 Å². The lowest BCUT2D eigenvalue weighted by Crippen LogP contribution is -2.59. The fourth-order valence-corrected chi connectivity index (χ4v) is 3.78. The number of hydrogen-bond acceptors (Lipinski definition) is 7. The summed E-state index contributed by atoms with van der Waals surface area (Å²) in [6, 6.07) is 9.10. The summed E-state index contributed by atoms with van der Waals surface area (Å²) in [5.74, 6) is 0.627. The number of carbonyl (C=O) groups is 1. The summed E-state index contributed by atoms with van der Waals surface area (Å²) in [5, 5.41) is 10.3. The molecule has 29 heavy (non-hydrogen) atoms. The van der Waals surface area contributed by atoms with E-state index in [9.17, 15) is 9.90 Å². The maximum Gasteiger partial charge on any atom is 0.190 e. The van der Waals surface area contributed by atoms with Gasteiger partial charge >= 0.3 is 0 Å². The number of ether oxygens (including phenoxy) is 4. The molecule has 0 radical (unpaired) electrons. The summed E-state index contributed by atoms with van der Waals surface area (Å²) in [6.07, 6.45) is 3.12. The first-order valence-corrected chi connectivity index (χ1v) is 9.48. The Bertz CT molecular complexity index is 823. The summed E-state index contributed by atoms with van der Waals surface area (Å²) in [4.78, 5) is 15.1. The monoisotopic (exact) mass is 401 g/mol. The van der Waals surface area contributed by atoms with Crippen LogP contribution in [0.25, 0.3) is 5.76 Å². The molecule has 2 aliphatic rings. The van der Waals surface area contributed by atoms with Crippen molar-refractivity contribution in [2.45, 2.75) is 12.1 Å². The fourth-order valence-electron chi connectivity index (χ4n) is 3.78. The fraction of sp³-hybridized carbons (Fsp3) is 0.409. The largest absolute Gasteiger partial charge is 0.507 e. The number of nitrogens with zero attached hydrogens (tertiary/aromatic N) is 1. The predicted octanol–water partition coefficient (Wildman–Crippen LogP) is 2.66. The van der Waals surface area contributed by atoms with Crippen LogP contribution in [-0.4, -0.2) is 69.1 Å². The molecule has 0 amide bonds. The zero-order valence-electron chi connectivity index (χ0n) is 17.0. The first-order valence-electron chi connectivity index (χ1n) is 9.48. The molecule has 156 valence electrons. The van der Waals surface area contributed by atoms with Crippen LogP contribution in [0.1, 0.15) is 12.0 Å². The zero-order chi connectivity index (χ0) is 20.9. The van der Waals surface area contributed by atoms with Crippen molar-refractivity contribution in [3.8, 4) is 0 Å².